The quantitative estimate of drug-likeness (QED) is 0.920. The fourth-order valence-corrected chi connectivity index (χ4v) is 1.76. The summed E-state index contributed by atoms with van der Waals surface area (Å²) in [6.07, 6.45) is 0. The normalized spacial score (nSPS) is 10.4. The number of ether oxygens (including phenoxy) is 1. The highest BCUT2D eigenvalue weighted by Gasteiger charge is 2.07. The molecule has 0 saturated heterocycles. The average molecular weight is 260 g/mol. The van der Waals surface area contributed by atoms with Gasteiger partial charge in [0.25, 0.3) is 5.19 Å². The van der Waals surface area contributed by atoms with Gasteiger partial charge in [-0.15, -0.1) is 5.10 Å². The van der Waals surface area contributed by atoms with E-state index < -0.39 is 5.82 Å². The molecule has 0 radical (unpaired) electrons. The Bertz CT molecular complexity index is 505. The Balaban J connectivity index is 2.17. The predicted octanol–water partition coefficient (Wildman–Crippen LogP) is 2.58. The van der Waals surface area contributed by atoms with Crippen LogP contribution in [0, 0.1) is 5.82 Å². The maximum absolute atomic E-state index is 12.9. The number of hydrogen-bond acceptors (Lipinski definition) is 5. The molecule has 0 aliphatic rings. The van der Waals surface area contributed by atoms with E-state index in [-0.39, 0.29) is 5.02 Å². The zero-order valence-corrected chi connectivity index (χ0v) is 9.56. The van der Waals surface area contributed by atoms with Gasteiger partial charge in [0.05, 0.1) is 5.02 Å². The molecular weight excluding hydrogens is 253 g/mol. The van der Waals surface area contributed by atoms with Gasteiger partial charge in [0.1, 0.15) is 16.6 Å². The summed E-state index contributed by atoms with van der Waals surface area (Å²) in [6, 6.07) is 4.06. The molecule has 0 amide bonds. The van der Waals surface area contributed by atoms with Gasteiger partial charge in [0.15, 0.2) is 0 Å². The van der Waals surface area contributed by atoms with Crippen LogP contribution < -0.4 is 10.5 Å². The van der Waals surface area contributed by atoms with Gasteiger partial charge in [-0.25, -0.2) is 4.39 Å². The van der Waals surface area contributed by atoms with E-state index in [0.29, 0.717) is 22.5 Å². The van der Waals surface area contributed by atoms with Gasteiger partial charge in [0, 0.05) is 12.6 Å². The Morgan fingerprint density at radius 2 is 2.25 bits per heavy atom. The van der Waals surface area contributed by atoms with E-state index in [2.05, 4.69) is 10.2 Å². The molecule has 0 atom stereocenters. The molecule has 1 aromatic heterocycles. The lowest BCUT2D eigenvalue weighted by Gasteiger charge is -2.01. The van der Waals surface area contributed by atoms with Crippen LogP contribution in [0.5, 0.6) is 10.9 Å². The Morgan fingerprint density at radius 3 is 2.88 bits per heavy atom. The number of hydrogen-bond donors (Lipinski definition) is 1. The van der Waals surface area contributed by atoms with E-state index in [0.717, 1.165) is 0 Å². The van der Waals surface area contributed by atoms with Crippen LogP contribution in [0.2, 0.25) is 5.02 Å². The van der Waals surface area contributed by atoms with Crippen LogP contribution in [-0.2, 0) is 6.54 Å². The molecule has 2 rings (SSSR count). The van der Waals surface area contributed by atoms with E-state index in [1.165, 1.54) is 29.5 Å². The summed E-state index contributed by atoms with van der Waals surface area (Å²) in [7, 11) is 0. The molecule has 0 unspecified atom stereocenters. The van der Waals surface area contributed by atoms with Crippen molar-refractivity contribution in [3.63, 3.8) is 0 Å². The summed E-state index contributed by atoms with van der Waals surface area (Å²) >= 11 is 6.84. The second-order valence-electron chi connectivity index (χ2n) is 2.84. The molecule has 2 N–H and O–H groups in total. The van der Waals surface area contributed by atoms with Gasteiger partial charge in [0.2, 0.25) is 0 Å². The van der Waals surface area contributed by atoms with Crippen LogP contribution in [0.1, 0.15) is 5.01 Å². The molecule has 4 nitrogen and oxygen atoms in total. The summed E-state index contributed by atoms with van der Waals surface area (Å²) < 4.78 is 18.2. The number of rotatable bonds is 3. The standard InChI is InChI=1S/C9H7ClFN3OS/c10-6-3-5(1-2-7(6)11)15-9-14-13-8(4-12)16-9/h1-3H,4,12H2. The third kappa shape index (κ3) is 2.46. The van der Waals surface area contributed by atoms with Gasteiger partial charge in [-0.3, -0.25) is 0 Å². The number of aromatic nitrogens is 2. The van der Waals surface area contributed by atoms with Gasteiger partial charge >= 0.3 is 0 Å². The van der Waals surface area contributed by atoms with E-state index >= 15 is 0 Å². The van der Waals surface area contributed by atoms with Crippen molar-refractivity contribution in [1.82, 2.24) is 10.2 Å². The monoisotopic (exact) mass is 259 g/mol. The van der Waals surface area contributed by atoms with Gasteiger partial charge in [-0.2, -0.15) is 0 Å². The van der Waals surface area contributed by atoms with Crippen LogP contribution in [0.25, 0.3) is 0 Å². The van der Waals surface area contributed by atoms with Gasteiger partial charge < -0.3 is 10.5 Å². The first-order chi connectivity index (χ1) is 7.69. The molecule has 1 aromatic carbocycles. The second-order valence-corrected chi connectivity index (χ2v) is 4.28. The molecule has 0 saturated carbocycles. The van der Waals surface area contributed by atoms with E-state index in [1.807, 2.05) is 0 Å². The maximum Gasteiger partial charge on any atom is 0.299 e. The highest BCUT2D eigenvalue weighted by Crippen LogP contribution is 2.27. The fourth-order valence-electron chi connectivity index (χ4n) is 1.00. The van der Waals surface area contributed by atoms with Crippen molar-refractivity contribution in [1.29, 1.82) is 0 Å². The minimum Gasteiger partial charge on any atom is -0.430 e. The summed E-state index contributed by atoms with van der Waals surface area (Å²) in [5.41, 5.74) is 5.38. The number of halogens is 2. The maximum atomic E-state index is 12.9. The number of benzene rings is 1. The van der Waals surface area contributed by atoms with Crippen LogP contribution in [0.15, 0.2) is 18.2 Å². The van der Waals surface area contributed by atoms with Crippen molar-refractivity contribution in [2.75, 3.05) is 0 Å². The third-order valence-corrected chi connectivity index (χ3v) is 2.83. The second kappa shape index (κ2) is 4.73. The Morgan fingerprint density at radius 1 is 1.44 bits per heavy atom. The largest absolute Gasteiger partial charge is 0.430 e. The molecule has 0 aliphatic carbocycles. The SMILES string of the molecule is NCc1nnc(Oc2ccc(F)c(Cl)c2)s1. The highest BCUT2D eigenvalue weighted by atomic mass is 35.5. The molecule has 0 bridgehead atoms. The number of nitrogens with zero attached hydrogens (tertiary/aromatic N) is 2. The fraction of sp³-hybridized carbons (Fsp3) is 0.111. The van der Waals surface area contributed by atoms with Crippen molar-refractivity contribution < 1.29 is 9.13 Å². The van der Waals surface area contributed by atoms with Crippen LogP contribution in [0.4, 0.5) is 4.39 Å². The smallest absolute Gasteiger partial charge is 0.299 e. The van der Waals surface area contributed by atoms with E-state index in [1.54, 1.807) is 0 Å². The topological polar surface area (TPSA) is 61.0 Å². The number of nitrogens with two attached hydrogens (primary N) is 1. The molecule has 2 aromatic rings. The lowest BCUT2D eigenvalue weighted by Crippen LogP contribution is -1.94. The summed E-state index contributed by atoms with van der Waals surface area (Å²) in [5.74, 6) is -0.0833. The van der Waals surface area contributed by atoms with Crippen molar-refractivity contribution in [2.45, 2.75) is 6.54 Å². The summed E-state index contributed by atoms with van der Waals surface area (Å²) in [5, 5.41) is 8.57. The van der Waals surface area contributed by atoms with E-state index in [4.69, 9.17) is 22.1 Å². The molecule has 1 heterocycles. The zero-order chi connectivity index (χ0) is 11.5. The Labute approximate surface area is 99.8 Å². The lowest BCUT2D eigenvalue weighted by molar-refractivity contribution is 0.471. The zero-order valence-electron chi connectivity index (χ0n) is 7.98. The molecule has 0 fully saturated rings. The van der Waals surface area contributed by atoms with Gasteiger partial charge in [-0.05, 0) is 12.1 Å². The van der Waals surface area contributed by atoms with Crippen LogP contribution in [0.3, 0.4) is 0 Å². The first-order valence-corrected chi connectivity index (χ1v) is 5.54. The lowest BCUT2D eigenvalue weighted by atomic mass is 10.3. The first-order valence-electron chi connectivity index (χ1n) is 4.34. The first kappa shape index (κ1) is 11.3. The molecule has 16 heavy (non-hydrogen) atoms. The third-order valence-electron chi connectivity index (χ3n) is 1.72. The highest BCUT2D eigenvalue weighted by molar-refractivity contribution is 7.13. The van der Waals surface area contributed by atoms with Crippen LogP contribution >= 0.6 is 22.9 Å². The summed E-state index contributed by atoms with van der Waals surface area (Å²) in [4.78, 5) is 0. The minimum absolute atomic E-state index is 0.000985. The molecule has 84 valence electrons. The molecular formula is C9H7ClFN3OS. The average Bonchev–Trinajstić information content (AvgIpc) is 2.71. The van der Waals surface area contributed by atoms with Crippen molar-refractivity contribution in [3.05, 3.63) is 34.0 Å². The Kier molecular flexibility index (Phi) is 3.33. The molecule has 7 heteroatoms. The molecule has 0 spiro atoms. The van der Waals surface area contributed by atoms with E-state index in [9.17, 15) is 4.39 Å². The minimum atomic E-state index is -0.492. The van der Waals surface area contributed by atoms with Crippen molar-refractivity contribution in [2.24, 2.45) is 5.73 Å². The van der Waals surface area contributed by atoms with Gasteiger partial charge in [-0.1, -0.05) is 28.0 Å². The van der Waals surface area contributed by atoms with Crippen molar-refractivity contribution in [3.8, 4) is 10.9 Å². The van der Waals surface area contributed by atoms with Crippen LogP contribution in [-0.4, -0.2) is 10.2 Å². The molecule has 0 aliphatic heterocycles. The summed E-state index contributed by atoms with van der Waals surface area (Å²) in [6.45, 7) is 0.311. The Hall–Kier alpha value is -1.24. The predicted molar refractivity (Wildman–Crippen MR) is 59.3 cm³/mol. The van der Waals surface area contributed by atoms with Crippen molar-refractivity contribution >= 4 is 22.9 Å².